The van der Waals surface area contributed by atoms with Crippen LogP contribution >= 0.6 is 22.0 Å². The lowest BCUT2D eigenvalue weighted by atomic mass is 10.3. The molecule has 19 heavy (non-hydrogen) atoms. The molecule has 0 aliphatic rings. The SMILES string of the molecule is Cc1cc(-c2nnc(S(=O)(=O)Cl)n2C(C)C)sc1C. The van der Waals surface area contributed by atoms with Crippen molar-refractivity contribution >= 4 is 31.1 Å². The van der Waals surface area contributed by atoms with E-state index in [4.69, 9.17) is 10.7 Å². The van der Waals surface area contributed by atoms with Gasteiger partial charge in [-0.1, -0.05) is 0 Å². The number of hydrogen-bond donors (Lipinski definition) is 0. The quantitative estimate of drug-likeness (QED) is 0.815. The molecule has 2 aromatic rings. The molecule has 0 spiro atoms. The van der Waals surface area contributed by atoms with E-state index in [9.17, 15) is 8.42 Å². The van der Waals surface area contributed by atoms with Crippen molar-refractivity contribution < 1.29 is 8.42 Å². The molecule has 2 rings (SSSR count). The molecule has 0 radical (unpaired) electrons. The minimum absolute atomic E-state index is 0.101. The lowest BCUT2D eigenvalue weighted by molar-refractivity contribution is 0.531. The second-order valence-electron chi connectivity index (χ2n) is 4.56. The maximum absolute atomic E-state index is 11.5. The van der Waals surface area contributed by atoms with Crippen LogP contribution in [0.3, 0.4) is 0 Å². The van der Waals surface area contributed by atoms with E-state index in [1.807, 2.05) is 33.8 Å². The van der Waals surface area contributed by atoms with Crippen LogP contribution in [0.15, 0.2) is 11.2 Å². The fraction of sp³-hybridized carbons (Fsp3) is 0.455. The van der Waals surface area contributed by atoms with Gasteiger partial charge in [-0.2, -0.15) is 0 Å². The highest BCUT2D eigenvalue weighted by Gasteiger charge is 2.25. The van der Waals surface area contributed by atoms with Gasteiger partial charge in [-0.3, -0.25) is 4.57 Å². The first-order valence-electron chi connectivity index (χ1n) is 5.68. The molecule has 0 saturated heterocycles. The molecule has 0 aliphatic carbocycles. The molecule has 8 heteroatoms. The predicted molar refractivity (Wildman–Crippen MR) is 76.2 cm³/mol. The van der Waals surface area contributed by atoms with Crippen molar-refractivity contribution in [1.29, 1.82) is 0 Å². The van der Waals surface area contributed by atoms with Crippen LogP contribution in [0.2, 0.25) is 0 Å². The van der Waals surface area contributed by atoms with E-state index in [0.717, 1.165) is 10.4 Å². The summed E-state index contributed by atoms with van der Waals surface area (Å²) in [6.07, 6.45) is 0. The Hall–Kier alpha value is -0.920. The largest absolute Gasteiger partial charge is 0.296 e. The molecule has 5 nitrogen and oxygen atoms in total. The molecular formula is C11H14ClN3O2S2. The Morgan fingerprint density at radius 2 is 1.95 bits per heavy atom. The predicted octanol–water partition coefficient (Wildman–Crippen LogP) is 3.13. The number of aryl methyl sites for hydroxylation is 2. The van der Waals surface area contributed by atoms with Crippen molar-refractivity contribution in [2.45, 2.75) is 38.9 Å². The highest BCUT2D eigenvalue weighted by molar-refractivity contribution is 8.13. The smallest absolute Gasteiger partial charge is 0.294 e. The van der Waals surface area contributed by atoms with Gasteiger partial charge in [0.15, 0.2) is 5.82 Å². The van der Waals surface area contributed by atoms with Crippen LogP contribution in [-0.2, 0) is 9.05 Å². The maximum atomic E-state index is 11.5. The van der Waals surface area contributed by atoms with Crippen LogP contribution in [0.4, 0.5) is 0 Å². The van der Waals surface area contributed by atoms with Crippen LogP contribution in [0.25, 0.3) is 10.7 Å². The van der Waals surface area contributed by atoms with Crippen LogP contribution in [0.5, 0.6) is 0 Å². The van der Waals surface area contributed by atoms with E-state index in [1.165, 1.54) is 4.88 Å². The van der Waals surface area contributed by atoms with Crippen molar-refractivity contribution in [2.75, 3.05) is 0 Å². The van der Waals surface area contributed by atoms with E-state index in [2.05, 4.69) is 10.2 Å². The summed E-state index contributed by atoms with van der Waals surface area (Å²) in [4.78, 5) is 2.06. The summed E-state index contributed by atoms with van der Waals surface area (Å²) in [5, 5.41) is 7.51. The van der Waals surface area contributed by atoms with Gasteiger partial charge in [0.1, 0.15) is 0 Å². The van der Waals surface area contributed by atoms with Gasteiger partial charge in [-0.15, -0.1) is 21.5 Å². The lowest BCUT2D eigenvalue weighted by Gasteiger charge is -2.11. The number of rotatable bonds is 3. The molecule has 0 N–H and O–H groups in total. The van der Waals surface area contributed by atoms with E-state index in [-0.39, 0.29) is 11.2 Å². The first-order valence-corrected chi connectivity index (χ1v) is 8.81. The zero-order valence-electron chi connectivity index (χ0n) is 11.0. The van der Waals surface area contributed by atoms with Gasteiger partial charge in [0.25, 0.3) is 14.2 Å². The highest BCUT2D eigenvalue weighted by atomic mass is 35.7. The molecule has 0 aliphatic heterocycles. The minimum Gasteiger partial charge on any atom is -0.294 e. The number of hydrogen-bond acceptors (Lipinski definition) is 5. The fourth-order valence-corrected chi connectivity index (χ4v) is 3.76. The van der Waals surface area contributed by atoms with Crippen molar-refractivity contribution in [3.63, 3.8) is 0 Å². The average Bonchev–Trinajstić information content (AvgIpc) is 2.82. The van der Waals surface area contributed by atoms with Gasteiger partial charge in [0.05, 0.1) is 4.88 Å². The van der Waals surface area contributed by atoms with Crippen LogP contribution in [-0.4, -0.2) is 23.2 Å². The summed E-state index contributed by atoms with van der Waals surface area (Å²) >= 11 is 1.56. The molecule has 0 fully saturated rings. The van der Waals surface area contributed by atoms with E-state index < -0.39 is 9.05 Å². The van der Waals surface area contributed by atoms with Crippen molar-refractivity contribution in [1.82, 2.24) is 14.8 Å². The zero-order valence-corrected chi connectivity index (χ0v) is 13.4. The van der Waals surface area contributed by atoms with Crippen LogP contribution in [0.1, 0.15) is 30.3 Å². The number of nitrogens with zero attached hydrogens (tertiary/aromatic N) is 3. The maximum Gasteiger partial charge on any atom is 0.296 e. The van der Waals surface area contributed by atoms with Crippen molar-refractivity contribution in [2.24, 2.45) is 0 Å². The summed E-state index contributed by atoms with van der Waals surface area (Å²) in [6.45, 7) is 7.75. The monoisotopic (exact) mass is 319 g/mol. The molecule has 0 saturated carbocycles. The molecule has 0 amide bonds. The third kappa shape index (κ3) is 2.68. The lowest BCUT2D eigenvalue weighted by Crippen LogP contribution is -2.09. The van der Waals surface area contributed by atoms with Gasteiger partial charge in [-0.25, -0.2) is 8.42 Å². The molecule has 2 aromatic heterocycles. The van der Waals surface area contributed by atoms with E-state index >= 15 is 0 Å². The number of aromatic nitrogens is 3. The van der Waals surface area contributed by atoms with Gasteiger partial charge in [-0.05, 0) is 39.3 Å². The first kappa shape index (κ1) is 14.5. The topological polar surface area (TPSA) is 64.8 Å². The van der Waals surface area contributed by atoms with Crippen molar-refractivity contribution in [3.8, 4) is 10.7 Å². The molecule has 2 heterocycles. The normalized spacial score (nSPS) is 12.3. The van der Waals surface area contributed by atoms with E-state index in [1.54, 1.807) is 15.9 Å². The molecule has 0 bridgehead atoms. The first-order chi connectivity index (χ1) is 8.71. The van der Waals surface area contributed by atoms with Gasteiger partial charge in [0, 0.05) is 21.6 Å². The Bertz CT molecular complexity index is 697. The minimum atomic E-state index is -3.90. The van der Waals surface area contributed by atoms with Crippen molar-refractivity contribution in [3.05, 3.63) is 16.5 Å². The summed E-state index contributed by atoms with van der Waals surface area (Å²) in [5.41, 5.74) is 1.15. The second-order valence-corrected chi connectivity index (χ2v) is 8.27. The Labute approximate surface area is 120 Å². The van der Waals surface area contributed by atoms with Gasteiger partial charge in [0.2, 0.25) is 0 Å². The zero-order chi connectivity index (χ0) is 14.4. The van der Waals surface area contributed by atoms with E-state index in [0.29, 0.717) is 5.82 Å². The Balaban J connectivity index is 2.69. The summed E-state index contributed by atoms with van der Waals surface area (Å²) in [5.74, 6) is 0.537. The number of thiophene rings is 1. The Morgan fingerprint density at radius 3 is 2.37 bits per heavy atom. The highest BCUT2D eigenvalue weighted by Crippen LogP contribution is 2.32. The Kier molecular flexibility index (Phi) is 3.72. The molecular weight excluding hydrogens is 306 g/mol. The molecule has 0 atom stereocenters. The van der Waals surface area contributed by atoms with Crippen LogP contribution in [0, 0.1) is 13.8 Å². The molecule has 104 valence electrons. The number of halogens is 1. The standard InChI is InChI=1S/C11H14ClN3O2S2/c1-6(2)15-10(9-5-7(3)8(4)18-9)13-14-11(15)19(12,16)17/h5-6H,1-4H3. The second kappa shape index (κ2) is 4.88. The van der Waals surface area contributed by atoms with Gasteiger partial charge >= 0.3 is 0 Å². The summed E-state index contributed by atoms with van der Waals surface area (Å²) in [6, 6.07) is 1.88. The third-order valence-corrected chi connectivity index (χ3v) is 5.06. The van der Waals surface area contributed by atoms with Crippen LogP contribution < -0.4 is 0 Å². The Morgan fingerprint density at radius 1 is 1.32 bits per heavy atom. The average molecular weight is 320 g/mol. The summed E-state index contributed by atoms with van der Waals surface area (Å²) < 4.78 is 24.6. The van der Waals surface area contributed by atoms with Gasteiger partial charge < -0.3 is 0 Å². The third-order valence-electron chi connectivity index (χ3n) is 2.79. The summed E-state index contributed by atoms with van der Waals surface area (Å²) in [7, 11) is 1.49. The molecule has 0 aromatic carbocycles. The molecule has 0 unspecified atom stereocenters. The fourth-order valence-electron chi connectivity index (χ4n) is 1.76.